The summed E-state index contributed by atoms with van der Waals surface area (Å²) in [5.74, 6) is -2.60. The molecule has 288 valence electrons. The molecule has 11 nitrogen and oxygen atoms in total. The molecule has 2 N–H and O–H groups in total. The minimum absolute atomic E-state index is 0.112. The van der Waals surface area contributed by atoms with Crippen LogP contribution in [0.3, 0.4) is 0 Å². The summed E-state index contributed by atoms with van der Waals surface area (Å²) >= 11 is 0. The van der Waals surface area contributed by atoms with Crippen molar-refractivity contribution in [3.05, 3.63) is 58.7 Å². The number of nitrogens with one attached hydrogen (secondary N) is 1. The average Bonchev–Trinajstić information content (AvgIpc) is 3.67. The van der Waals surface area contributed by atoms with Gasteiger partial charge in [0.2, 0.25) is 5.95 Å². The highest BCUT2D eigenvalue weighted by Crippen LogP contribution is 2.58. The number of fused-ring (bicyclic) bond motifs is 3. The summed E-state index contributed by atoms with van der Waals surface area (Å²) in [6.45, 7) is 0.408. The molecule has 4 aliphatic carbocycles. The molecule has 1 spiro atoms. The van der Waals surface area contributed by atoms with Crippen molar-refractivity contribution < 1.29 is 45.8 Å². The molecule has 54 heavy (non-hydrogen) atoms. The van der Waals surface area contributed by atoms with E-state index in [1.54, 1.807) is 27.9 Å². The molecule has 0 unspecified atom stereocenters. The Kier molecular flexibility index (Phi) is 8.13. The van der Waals surface area contributed by atoms with Crippen molar-refractivity contribution in [2.24, 2.45) is 23.7 Å². The largest absolute Gasteiger partial charge is 0.479 e. The summed E-state index contributed by atoms with van der Waals surface area (Å²) in [7, 11) is 0. The fourth-order valence-corrected chi connectivity index (χ4v) is 10.8. The molecule has 3 aromatic rings. The van der Waals surface area contributed by atoms with Crippen LogP contribution in [0.1, 0.15) is 77.8 Å². The molecule has 0 atom stereocenters. The first-order valence-electron chi connectivity index (χ1n) is 18.5. The number of halogens is 6. The SMILES string of the molecule is O=C(NC1(C(=O)O)C2CC3CC(C2)CC1C3)c1cnc(N2CC3(CCOCC3)c3cc(-n4ncc5c4CCN(CC(F)(F)F)C5)ccc32)nc1C(F)(F)F. The van der Waals surface area contributed by atoms with Crippen LogP contribution < -0.4 is 10.2 Å². The van der Waals surface area contributed by atoms with Gasteiger partial charge in [-0.3, -0.25) is 9.69 Å². The van der Waals surface area contributed by atoms with E-state index in [1.807, 2.05) is 6.07 Å². The average molecular weight is 760 g/mol. The predicted molar refractivity (Wildman–Crippen MR) is 179 cm³/mol. The minimum atomic E-state index is -5.05. The van der Waals surface area contributed by atoms with Crippen LogP contribution in [0.2, 0.25) is 0 Å². The van der Waals surface area contributed by atoms with E-state index in [0.29, 0.717) is 86.9 Å². The summed E-state index contributed by atoms with van der Waals surface area (Å²) in [6, 6.07) is 5.46. The van der Waals surface area contributed by atoms with E-state index in [1.165, 1.54) is 4.90 Å². The number of alkyl halides is 6. The van der Waals surface area contributed by atoms with Crippen molar-refractivity contribution in [1.29, 1.82) is 0 Å². The van der Waals surface area contributed by atoms with Crippen LogP contribution >= 0.6 is 0 Å². The Bertz CT molecular complexity index is 1980. The lowest BCUT2D eigenvalue weighted by molar-refractivity contribution is -0.163. The zero-order valence-electron chi connectivity index (χ0n) is 29.2. The van der Waals surface area contributed by atoms with Gasteiger partial charge in [0.15, 0.2) is 5.69 Å². The Hall–Kier alpha value is -4.25. The Balaban J connectivity index is 1.04. The van der Waals surface area contributed by atoms with E-state index in [9.17, 15) is 41.0 Å². The normalized spacial score (nSPS) is 28.7. The predicted octanol–water partition coefficient (Wildman–Crippen LogP) is 5.81. The van der Waals surface area contributed by atoms with Gasteiger partial charge in [0.05, 0.1) is 24.0 Å². The number of rotatable bonds is 6. The molecular weight excluding hydrogens is 720 g/mol. The highest BCUT2D eigenvalue weighted by atomic mass is 19.4. The van der Waals surface area contributed by atoms with E-state index >= 15 is 0 Å². The Labute approximate surface area is 306 Å². The molecule has 0 radical (unpaired) electrons. The fraction of sp³-hybridized carbons (Fsp3) is 0.595. The van der Waals surface area contributed by atoms with Gasteiger partial charge in [0.25, 0.3) is 5.91 Å². The summed E-state index contributed by atoms with van der Waals surface area (Å²) < 4.78 is 91.0. The van der Waals surface area contributed by atoms with Gasteiger partial charge in [-0.05, 0) is 92.4 Å². The standard InChI is InChI=1S/C37H39F6N7O4/c38-35(39,40)19-48-6-3-28-22(17-48)15-45-50(28)25-1-2-29-27(14-25)34(4-7-54-8-5-34)18-49(29)33-44-16-26(30(46-33)37(41,42)43)31(51)47-36(32(52)53)23-10-20-9-21(12-23)13-24(36)11-20/h1-2,14-16,20-21,23-24H,3-13,17-19H2,(H,47,51)(H,52,53). The molecular formula is C37H39F6N7O4. The van der Waals surface area contributed by atoms with Gasteiger partial charge in [0.1, 0.15) is 5.54 Å². The number of aliphatic carboxylic acids is 1. The van der Waals surface area contributed by atoms with Crippen LogP contribution in [0.25, 0.3) is 5.69 Å². The smallest absolute Gasteiger partial charge is 0.434 e. The van der Waals surface area contributed by atoms with Gasteiger partial charge in [-0.25, -0.2) is 19.4 Å². The maximum Gasteiger partial charge on any atom is 0.434 e. The van der Waals surface area contributed by atoms with Gasteiger partial charge in [-0.1, -0.05) is 0 Å². The summed E-state index contributed by atoms with van der Waals surface area (Å²) in [5, 5.41) is 17.6. The van der Waals surface area contributed by atoms with Crippen molar-refractivity contribution >= 4 is 23.5 Å². The number of carboxylic acids is 1. The second-order valence-electron chi connectivity index (χ2n) is 16.1. The van der Waals surface area contributed by atoms with E-state index in [-0.39, 0.29) is 37.4 Å². The molecule has 3 aliphatic heterocycles. The molecule has 10 rings (SSSR count). The van der Waals surface area contributed by atoms with Gasteiger partial charge in [-0.15, -0.1) is 0 Å². The van der Waals surface area contributed by atoms with E-state index in [4.69, 9.17) is 4.74 Å². The molecule has 1 aromatic carbocycles. The first-order valence-corrected chi connectivity index (χ1v) is 18.5. The van der Waals surface area contributed by atoms with E-state index in [0.717, 1.165) is 23.9 Å². The van der Waals surface area contributed by atoms with Gasteiger partial charge < -0.3 is 20.1 Å². The molecule has 5 fully saturated rings. The maximum atomic E-state index is 14.8. The lowest BCUT2D eigenvalue weighted by Gasteiger charge is -2.59. The molecule has 4 saturated carbocycles. The Morgan fingerprint density at radius 1 is 0.981 bits per heavy atom. The zero-order chi connectivity index (χ0) is 37.8. The number of amides is 1. The van der Waals surface area contributed by atoms with Crippen molar-refractivity contribution in [3.8, 4) is 5.69 Å². The number of ether oxygens (including phenoxy) is 1. The van der Waals surface area contributed by atoms with Gasteiger partial charge >= 0.3 is 18.3 Å². The molecule has 17 heteroatoms. The third-order valence-corrected chi connectivity index (χ3v) is 13.0. The van der Waals surface area contributed by atoms with Crippen LogP contribution in [0.15, 0.2) is 30.6 Å². The van der Waals surface area contributed by atoms with Crippen LogP contribution in [-0.2, 0) is 34.1 Å². The van der Waals surface area contributed by atoms with Crippen LogP contribution in [-0.4, -0.2) is 86.2 Å². The second kappa shape index (κ2) is 12.4. The van der Waals surface area contributed by atoms with Crippen molar-refractivity contribution in [1.82, 2.24) is 30.0 Å². The lowest BCUT2D eigenvalue weighted by Crippen LogP contribution is -2.70. The molecule has 2 aromatic heterocycles. The van der Waals surface area contributed by atoms with E-state index in [2.05, 4.69) is 20.4 Å². The minimum Gasteiger partial charge on any atom is -0.479 e. The quantitative estimate of drug-likeness (QED) is 0.300. The van der Waals surface area contributed by atoms with Gasteiger partial charge in [-0.2, -0.15) is 31.4 Å². The first-order chi connectivity index (χ1) is 25.6. The molecule has 1 saturated heterocycles. The summed E-state index contributed by atoms with van der Waals surface area (Å²) in [4.78, 5) is 37.9. The first kappa shape index (κ1) is 35.5. The number of anilines is 2. The van der Waals surface area contributed by atoms with E-state index < -0.39 is 53.0 Å². The third-order valence-electron chi connectivity index (χ3n) is 13.0. The lowest BCUT2D eigenvalue weighted by atomic mass is 9.48. The highest BCUT2D eigenvalue weighted by molar-refractivity contribution is 5.99. The number of nitrogens with zero attached hydrogens (tertiary/aromatic N) is 6. The maximum absolute atomic E-state index is 14.8. The number of benzene rings is 1. The summed E-state index contributed by atoms with van der Waals surface area (Å²) in [5.41, 5.74) is -0.856. The fourth-order valence-electron chi connectivity index (χ4n) is 10.8. The zero-order valence-corrected chi connectivity index (χ0v) is 29.2. The van der Waals surface area contributed by atoms with Crippen molar-refractivity contribution in [2.45, 2.75) is 81.2 Å². The summed E-state index contributed by atoms with van der Waals surface area (Å²) in [6.07, 6.45) is -1.94. The number of hydrogen-bond donors (Lipinski definition) is 2. The number of carboxylic acid groups (broad SMARTS) is 1. The Morgan fingerprint density at radius 2 is 1.69 bits per heavy atom. The number of carbonyl (C=O) groups excluding carboxylic acids is 1. The monoisotopic (exact) mass is 759 g/mol. The highest BCUT2D eigenvalue weighted by Gasteiger charge is 2.62. The molecule has 7 aliphatic rings. The number of carbonyl (C=O) groups is 2. The van der Waals surface area contributed by atoms with Crippen LogP contribution in [0.5, 0.6) is 0 Å². The van der Waals surface area contributed by atoms with Crippen molar-refractivity contribution in [2.75, 3.05) is 37.7 Å². The van der Waals surface area contributed by atoms with Crippen molar-refractivity contribution in [3.63, 3.8) is 0 Å². The Morgan fingerprint density at radius 3 is 2.33 bits per heavy atom. The number of hydrogen-bond acceptors (Lipinski definition) is 8. The van der Waals surface area contributed by atoms with Crippen LogP contribution in [0.4, 0.5) is 38.0 Å². The third kappa shape index (κ3) is 5.75. The molecule has 1 amide bonds. The second-order valence-corrected chi connectivity index (χ2v) is 16.1. The topological polar surface area (TPSA) is 126 Å². The molecule has 4 bridgehead atoms. The van der Waals surface area contributed by atoms with Gasteiger partial charge in [0, 0.05) is 67.8 Å². The number of aromatic nitrogens is 4. The molecule has 5 heterocycles. The van der Waals surface area contributed by atoms with Crippen LogP contribution in [0, 0.1) is 23.7 Å².